The molecule has 2 aromatic rings. The Morgan fingerprint density at radius 1 is 1.07 bits per heavy atom. The Morgan fingerprint density at radius 2 is 1.68 bits per heavy atom. The van der Waals surface area contributed by atoms with Crippen molar-refractivity contribution in [3.63, 3.8) is 0 Å². The topological polar surface area (TPSA) is 78.7 Å². The normalized spacial score (nSPS) is 15.9. The van der Waals surface area contributed by atoms with Crippen molar-refractivity contribution in [2.45, 2.75) is 26.8 Å². The molecule has 0 aliphatic carbocycles. The average molecular weight is 382 g/mol. The molecule has 0 bridgehead atoms. The van der Waals surface area contributed by atoms with Crippen molar-refractivity contribution in [3.05, 3.63) is 63.7 Å². The molecule has 0 radical (unpaired) electrons. The summed E-state index contributed by atoms with van der Waals surface area (Å²) in [6.45, 7) is 8.81. The molecular formula is C21H26N4O3. The largest absolute Gasteiger partial charge is 0.369 e. The van der Waals surface area contributed by atoms with Gasteiger partial charge in [-0.15, -0.1) is 0 Å². The lowest BCUT2D eigenvalue weighted by atomic mass is 10.1. The van der Waals surface area contributed by atoms with Gasteiger partial charge in [-0.2, -0.15) is 0 Å². The molecule has 7 nitrogen and oxygen atoms in total. The quantitative estimate of drug-likeness (QED) is 0.634. The number of nitrogens with zero attached hydrogens (tertiary/aromatic N) is 3. The van der Waals surface area contributed by atoms with Gasteiger partial charge in [-0.05, 0) is 38.0 Å². The number of non-ortho nitro benzene ring substituents is 1. The number of nitro groups is 1. The van der Waals surface area contributed by atoms with Gasteiger partial charge in [-0.25, -0.2) is 0 Å². The summed E-state index contributed by atoms with van der Waals surface area (Å²) in [4.78, 5) is 27.6. The number of hydrogen-bond donors (Lipinski definition) is 1. The van der Waals surface area contributed by atoms with Gasteiger partial charge >= 0.3 is 0 Å². The first-order valence-electron chi connectivity index (χ1n) is 9.47. The van der Waals surface area contributed by atoms with Crippen LogP contribution in [0.15, 0.2) is 42.5 Å². The third kappa shape index (κ3) is 4.31. The molecule has 1 aliphatic rings. The minimum atomic E-state index is -0.375. The number of aryl methyl sites for hydroxylation is 2. The Hall–Kier alpha value is -2.93. The third-order valence-electron chi connectivity index (χ3n) is 5.38. The van der Waals surface area contributed by atoms with Crippen LogP contribution in [0.5, 0.6) is 0 Å². The second-order valence-electron chi connectivity index (χ2n) is 7.23. The number of nitrogens with one attached hydrogen (secondary N) is 1. The number of nitro benzene ring substituents is 1. The molecule has 1 aliphatic heterocycles. The number of anilines is 2. The van der Waals surface area contributed by atoms with E-state index in [-0.39, 0.29) is 22.6 Å². The van der Waals surface area contributed by atoms with E-state index in [4.69, 9.17) is 0 Å². The number of amides is 1. The molecule has 1 amide bonds. The molecule has 3 rings (SSSR count). The molecule has 148 valence electrons. The first-order valence-corrected chi connectivity index (χ1v) is 9.47. The van der Waals surface area contributed by atoms with Gasteiger partial charge in [0.15, 0.2) is 0 Å². The summed E-state index contributed by atoms with van der Waals surface area (Å²) in [6.07, 6.45) is 0. The van der Waals surface area contributed by atoms with Crippen LogP contribution in [0.25, 0.3) is 0 Å². The van der Waals surface area contributed by atoms with Crippen molar-refractivity contribution in [2.24, 2.45) is 0 Å². The highest BCUT2D eigenvalue weighted by Crippen LogP contribution is 2.23. The van der Waals surface area contributed by atoms with Crippen LogP contribution in [0.1, 0.15) is 18.1 Å². The third-order valence-corrected chi connectivity index (χ3v) is 5.38. The van der Waals surface area contributed by atoms with Gasteiger partial charge in [0.05, 0.1) is 11.0 Å². The van der Waals surface area contributed by atoms with Gasteiger partial charge in [-0.1, -0.05) is 24.3 Å². The van der Waals surface area contributed by atoms with Gasteiger partial charge in [0.2, 0.25) is 5.91 Å². The molecule has 1 saturated heterocycles. The van der Waals surface area contributed by atoms with Crippen LogP contribution < -0.4 is 10.2 Å². The lowest BCUT2D eigenvalue weighted by molar-refractivity contribution is -0.384. The van der Waals surface area contributed by atoms with Crippen molar-refractivity contribution in [3.8, 4) is 0 Å². The molecule has 7 heteroatoms. The molecule has 0 aromatic heterocycles. The van der Waals surface area contributed by atoms with Crippen molar-refractivity contribution in [1.29, 1.82) is 0 Å². The molecular weight excluding hydrogens is 356 g/mol. The van der Waals surface area contributed by atoms with Crippen LogP contribution in [-0.4, -0.2) is 48.0 Å². The molecule has 1 fully saturated rings. The maximum Gasteiger partial charge on any atom is 0.271 e. The summed E-state index contributed by atoms with van der Waals surface area (Å²) in [6, 6.07) is 12.4. The Kier molecular flexibility index (Phi) is 5.94. The number of carbonyl (C=O) groups is 1. The highest BCUT2D eigenvalue weighted by molar-refractivity contribution is 5.95. The van der Waals surface area contributed by atoms with Crippen LogP contribution in [0.4, 0.5) is 17.1 Å². The molecule has 1 unspecified atom stereocenters. The highest BCUT2D eigenvalue weighted by Gasteiger charge is 2.26. The minimum Gasteiger partial charge on any atom is -0.369 e. The van der Waals surface area contributed by atoms with Gasteiger partial charge in [-0.3, -0.25) is 19.8 Å². The summed E-state index contributed by atoms with van der Waals surface area (Å²) in [7, 11) is 0. The van der Waals surface area contributed by atoms with Gasteiger partial charge in [0, 0.05) is 49.7 Å². The standard InChI is InChI=1S/C21H26N4O3/c1-15-6-4-7-16(2)20(15)22-21(26)17(3)23-10-12-24(13-11-23)18-8-5-9-19(14-18)25(27)28/h4-9,14,17H,10-13H2,1-3H3,(H,22,26). The summed E-state index contributed by atoms with van der Waals surface area (Å²) in [5, 5.41) is 14.1. The Balaban J connectivity index is 1.60. The van der Waals surface area contributed by atoms with Gasteiger partial charge in [0.25, 0.3) is 5.69 Å². The Morgan fingerprint density at radius 3 is 2.29 bits per heavy atom. The molecule has 28 heavy (non-hydrogen) atoms. The van der Waals surface area contributed by atoms with E-state index in [1.807, 2.05) is 45.0 Å². The summed E-state index contributed by atoms with van der Waals surface area (Å²) in [5.41, 5.74) is 3.93. The molecule has 1 atom stereocenters. The van der Waals surface area contributed by atoms with E-state index >= 15 is 0 Å². The van der Waals surface area contributed by atoms with Gasteiger partial charge in [0.1, 0.15) is 0 Å². The molecule has 0 saturated carbocycles. The van der Waals surface area contributed by atoms with Crippen LogP contribution in [0.2, 0.25) is 0 Å². The summed E-state index contributed by atoms with van der Waals surface area (Å²) >= 11 is 0. The fourth-order valence-corrected chi connectivity index (χ4v) is 3.58. The average Bonchev–Trinajstić information content (AvgIpc) is 2.70. The number of carbonyl (C=O) groups excluding carboxylic acids is 1. The predicted octanol–water partition coefficient (Wildman–Crippen LogP) is 3.36. The molecule has 0 spiro atoms. The second kappa shape index (κ2) is 8.39. The number of benzene rings is 2. The lowest BCUT2D eigenvalue weighted by Gasteiger charge is -2.38. The fraction of sp³-hybridized carbons (Fsp3) is 0.381. The fourth-order valence-electron chi connectivity index (χ4n) is 3.58. The van der Waals surface area contributed by atoms with E-state index in [2.05, 4.69) is 15.1 Å². The van der Waals surface area contributed by atoms with Crippen molar-refractivity contribution < 1.29 is 9.72 Å². The monoisotopic (exact) mass is 382 g/mol. The highest BCUT2D eigenvalue weighted by atomic mass is 16.6. The van der Waals surface area contributed by atoms with Crippen molar-refractivity contribution in [2.75, 3.05) is 36.4 Å². The van der Waals surface area contributed by atoms with E-state index in [1.165, 1.54) is 6.07 Å². The minimum absolute atomic E-state index is 0.0128. The first kappa shape index (κ1) is 19.8. The Labute approximate surface area is 165 Å². The SMILES string of the molecule is Cc1cccc(C)c1NC(=O)C(C)N1CCN(c2cccc([N+](=O)[O-])c2)CC1. The zero-order valence-corrected chi connectivity index (χ0v) is 16.5. The zero-order valence-electron chi connectivity index (χ0n) is 16.5. The molecule has 1 heterocycles. The van der Waals surface area contributed by atoms with Crippen LogP contribution in [0, 0.1) is 24.0 Å². The van der Waals surface area contributed by atoms with E-state index in [0.29, 0.717) is 0 Å². The van der Waals surface area contributed by atoms with Crippen molar-refractivity contribution in [1.82, 2.24) is 4.90 Å². The smallest absolute Gasteiger partial charge is 0.271 e. The van der Waals surface area contributed by atoms with Crippen molar-refractivity contribution >= 4 is 23.0 Å². The van der Waals surface area contributed by atoms with Crippen LogP contribution in [0.3, 0.4) is 0 Å². The molecule has 1 N–H and O–H groups in total. The van der Waals surface area contributed by atoms with E-state index in [0.717, 1.165) is 48.7 Å². The number of rotatable bonds is 5. The summed E-state index contributed by atoms with van der Waals surface area (Å²) in [5.74, 6) is -0.0128. The first-order chi connectivity index (χ1) is 13.4. The zero-order chi connectivity index (χ0) is 20.3. The molecule has 2 aromatic carbocycles. The van der Waals surface area contributed by atoms with Crippen LogP contribution in [-0.2, 0) is 4.79 Å². The maximum absolute atomic E-state index is 12.7. The van der Waals surface area contributed by atoms with E-state index in [9.17, 15) is 14.9 Å². The van der Waals surface area contributed by atoms with E-state index in [1.54, 1.807) is 12.1 Å². The Bertz CT molecular complexity index is 855. The number of hydrogen-bond acceptors (Lipinski definition) is 5. The second-order valence-corrected chi connectivity index (χ2v) is 7.23. The number of piperazine rings is 1. The predicted molar refractivity (Wildman–Crippen MR) is 111 cm³/mol. The van der Waals surface area contributed by atoms with E-state index < -0.39 is 0 Å². The van der Waals surface area contributed by atoms with Gasteiger partial charge < -0.3 is 10.2 Å². The maximum atomic E-state index is 12.7. The van der Waals surface area contributed by atoms with Crippen LogP contribution >= 0.6 is 0 Å². The number of para-hydroxylation sites is 1. The lowest BCUT2D eigenvalue weighted by Crippen LogP contribution is -2.52. The summed E-state index contributed by atoms with van der Waals surface area (Å²) < 4.78 is 0.